The summed E-state index contributed by atoms with van der Waals surface area (Å²) in [5.41, 5.74) is 6.99. The summed E-state index contributed by atoms with van der Waals surface area (Å²) in [4.78, 5) is 11.1. The molecule has 1 aromatic carbocycles. The van der Waals surface area contributed by atoms with Crippen LogP contribution in [0.25, 0.3) is 0 Å². The first-order valence-corrected chi connectivity index (χ1v) is 5.90. The minimum Gasteiger partial charge on any atom is -0.465 e. The Morgan fingerprint density at radius 3 is 2.82 bits per heavy atom. The van der Waals surface area contributed by atoms with Gasteiger partial charge >= 0.3 is 5.97 Å². The summed E-state index contributed by atoms with van der Waals surface area (Å²) < 4.78 is 4.77. The number of carbonyl (C=O) groups is 1. The standard InChI is InChI=1S/C11H14Cl2N2O2/c1-2-17-10(16)6-15-5-7-9(14)4-3-8(12)11(7)13/h3-4,15H,2,5-6,14H2,1H3/i6+1,10+1. The van der Waals surface area contributed by atoms with E-state index in [2.05, 4.69) is 5.32 Å². The molecule has 6 heteroatoms. The van der Waals surface area contributed by atoms with Crippen LogP contribution < -0.4 is 11.1 Å². The molecule has 1 aromatic rings. The highest BCUT2D eigenvalue weighted by Gasteiger charge is 2.09. The van der Waals surface area contributed by atoms with Crippen LogP contribution in [0.3, 0.4) is 0 Å². The third kappa shape index (κ3) is 4.07. The SMILES string of the molecule is CCO[13C](=O)[13CH2]NCc1c(N)ccc(Cl)c1Cl. The van der Waals surface area contributed by atoms with E-state index >= 15 is 0 Å². The van der Waals surface area contributed by atoms with Gasteiger partial charge in [-0.15, -0.1) is 0 Å². The van der Waals surface area contributed by atoms with Gasteiger partial charge in [0, 0.05) is 17.8 Å². The van der Waals surface area contributed by atoms with Crippen molar-refractivity contribution in [3.05, 3.63) is 27.7 Å². The lowest BCUT2D eigenvalue weighted by Crippen LogP contribution is -2.24. The number of benzene rings is 1. The predicted octanol–water partition coefficient (Wildman–Crippen LogP) is 2.23. The molecule has 0 radical (unpaired) electrons. The number of halogens is 2. The summed E-state index contributed by atoms with van der Waals surface area (Å²) in [7, 11) is 0. The molecule has 0 bridgehead atoms. The van der Waals surface area contributed by atoms with Crippen molar-refractivity contribution in [1.29, 1.82) is 0 Å². The monoisotopic (exact) mass is 278 g/mol. The van der Waals surface area contributed by atoms with Gasteiger partial charge in [-0.25, -0.2) is 0 Å². The first-order chi connectivity index (χ1) is 8.06. The Hall–Kier alpha value is -0.970. The summed E-state index contributed by atoms with van der Waals surface area (Å²) >= 11 is 11.9. The second kappa shape index (κ2) is 6.69. The predicted molar refractivity (Wildman–Crippen MR) is 69.2 cm³/mol. The molecule has 0 amide bonds. The maximum absolute atomic E-state index is 11.1. The quantitative estimate of drug-likeness (QED) is 0.493. The molecule has 0 spiro atoms. The molecular weight excluding hydrogens is 265 g/mol. The van der Waals surface area contributed by atoms with Crippen LogP contribution >= 0.6 is 23.2 Å². The van der Waals surface area contributed by atoms with Crippen LogP contribution in [0.4, 0.5) is 5.69 Å². The molecule has 0 aliphatic rings. The summed E-state index contributed by atoms with van der Waals surface area (Å²) in [6.45, 7) is 2.59. The molecule has 17 heavy (non-hydrogen) atoms. The highest BCUT2D eigenvalue weighted by Crippen LogP contribution is 2.29. The molecule has 0 saturated carbocycles. The van der Waals surface area contributed by atoms with E-state index in [9.17, 15) is 4.79 Å². The van der Waals surface area contributed by atoms with Gasteiger partial charge in [0.05, 0.1) is 23.2 Å². The van der Waals surface area contributed by atoms with E-state index in [-0.39, 0.29) is 12.5 Å². The van der Waals surface area contributed by atoms with Gasteiger partial charge < -0.3 is 15.8 Å². The topological polar surface area (TPSA) is 64.3 Å². The highest BCUT2D eigenvalue weighted by atomic mass is 35.5. The summed E-state index contributed by atoms with van der Waals surface area (Å²) in [6.07, 6.45) is 0. The fourth-order valence-electron chi connectivity index (χ4n) is 1.29. The largest absolute Gasteiger partial charge is 0.465 e. The Kier molecular flexibility index (Phi) is 5.55. The van der Waals surface area contributed by atoms with Crippen LogP contribution in [0.15, 0.2) is 12.1 Å². The number of nitrogens with two attached hydrogens (primary N) is 1. The fourth-order valence-corrected chi connectivity index (χ4v) is 1.70. The van der Waals surface area contributed by atoms with Crippen molar-refractivity contribution < 1.29 is 9.53 Å². The highest BCUT2D eigenvalue weighted by molar-refractivity contribution is 6.42. The second-order valence-corrected chi connectivity index (χ2v) is 4.12. The zero-order valence-electron chi connectivity index (χ0n) is 9.43. The molecule has 0 heterocycles. The maximum Gasteiger partial charge on any atom is 0.319 e. The number of nitrogen functional groups attached to an aromatic ring is 1. The van der Waals surface area contributed by atoms with Crippen LogP contribution in [0, 0.1) is 0 Å². The number of hydrogen-bond donors (Lipinski definition) is 2. The summed E-state index contributed by atoms with van der Waals surface area (Å²) in [5.74, 6) is -0.316. The average molecular weight is 279 g/mol. The van der Waals surface area contributed by atoms with E-state index in [1.165, 1.54) is 0 Å². The van der Waals surface area contributed by atoms with Crippen LogP contribution in [-0.4, -0.2) is 19.1 Å². The second-order valence-electron chi connectivity index (χ2n) is 3.34. The fraction of sp³-hybridized carbons (Fsp3) is 0.364. The Morgan fingerprint density at radius 1 is 1.47 bits per heavy atom. The minimum atomic E-state index is -0.316. The van der Waals surface area contributed by atoms with E-state index in [1.54, 1.807) is 19.1 Å². The third-order valence-electron chi connectivity index (χ3n) is 2.11. The first-order valence-electron chi connectivity index (χ1n) is 5.15. The van der Waals surface area contributed by atoms with Crippen LogP contribution in [0.2, 0.25) is 10.0 Å². The van der Waals surface area contributed by atoms with Crippen molar-refractivity contribution in [3.63, 3.8) is 0 Å². The zero-order chi connectivity index (χ0) is 12.8. The van der Waals surface area contributed by atoms with Crippen molar-refractivity contribution >= 4 is 34.9 Å². The number of esters is 1. The summed E-state index contributed by atoms with van der Waals surface area (Å²) in [5, 5.41) is 3.74. The lowest BCUT2D eigenvalue weighted by atomic mass is 10.2. The van der Waals surface area contributed by atoms with Gasteiger partial charge in [-0.05, 0) is 19.1 Å². The Labute approximate surface area is 110 Å². The molecule has 94 valence electrons. The number of hydrogen-bond acceptors (Lipinski definition) is 4. The molecule has 0 atom stereocenters. The molecule has 0 unspecified atom stereocenters. The molecule has 4 nitrogen and oxygen atoms in total. The number of carbonyl (C=O) groups excluding carboxylic acids is 1. The normalized spacial score (nSPS) is 10.3. The average Bonchev–Trinajstić information content (AvgIpc) is 2.29. The van der Waals surface area contributed by atoms with Gasteiger partial charge in [0.1, 0.15) is 0 Å². The minimum absolute atomic E-state index is 0.107. The smallest absolute Gasteiger partial charge is 0.319 e. The first kappa shape index (κ1) is 14.1. The van der Waals surface area contributed by atoms with Gasteiger partial charge in [-0.2, -0.15) is 0 Å². The van der Waals surface area contributed by atoms with E-state index in [0.29, 0.717) is 34.4 Å². The Morgan fingerprint density at radius 2 is 2.18 bits per heavy atom. The molecule has 3 N–H and O–H groups in total. The van der Waals surface area contributed by atoms with Crippen LogP contribution in [0.5, 0.6) is 0 Å². The van der Waals surface area contributed by atoms with Crippen molar-refractivity contribution in [1.82, 2.24) is 5.32 Å². The molecule has 0 aliphatic carbocycles. The Bertz CT molecular complexity index is 411. The van der Waals surface area contributed by atoms with Crippen LogP contribution in [-0.2, 0) is 16.1 Å². The van der Waals surface area contributed by atoms with Gasteiger partial charge in [-0.1, -0.05) is 23.2 Å². The molecule has 0 aliphatic heterocycles. The van der Waals surface area contributed by atoms with E-state index in [4.69, 9.17) is 33.7 Å². The van der Waals surface area contributed by atoms with Gasteiger partial charge in [-0.3, -0.25) is 4.79 Å². The van der Waals surface area contributed by atoms with Gasteiger partial charge in [0.25, 0.3) is 0 Å². The number of ether oxygens (including phenoxy) is 1. The lowest BCUT2D eigenvalue weighted by molar-refractivity contribution is -0.142. The van der Waals surface area contributed by atoms with Crippen molar-refractivity contribution in [2.24, 2.45) is 0 Å². The molecule has 0 aromatic heterocycles. The molecule has 0 fully saturated rings. The van der Waals surface area contributed by atoms with E-state index < -0.39 is 0 Å². The molecule has 1 rings (SSSR count). The van der Waals surface area contributed by atoms with E-state index in [1.807, 2.05) is 0 Å². The van der Waals surface area contributed by atoms with Gasteiger partial charge in [0.15, 0.2) is 0 Å². The number of anilines is 1. The number of nitrogens with one attached hydrogen (secondary N) is 1. The third-order valence-corrected chi connectivity index (χ3v) is 2.95. The summed E-state index contributed by atoms with van der Waals surface area (Å²) in [6, 6.07) is 3.31. The Balaban J connectivity index is 2.58. The lowest BCUT2D eigenvalue weighted by Gasteiger charge is -2.10. The van der Waals surface area contributed by atoms with E-state index in [0.717, 1.165) is 0 Å². The maximum atomic E-state index is 11.1. The molecular formula is C11H14Cl2N2O2. The van der Waals surface area contributed by atoms with Crippen LogP contribution in [0.1, 0.15) is 12.5 Å². The van der Waals surface area contributed by atoms with Crippen molar-refractivity contribution in [3.8, 4) is 0 Å². The van der Waals surface area contributed by atoms with Gasteiger partial charge in [0.2, 0.25) is 0 Å². The van der Waals surface area contributed by atoms with Crippen molar-refractivity contribution in [2.75, 3.05) is 18.9 Å². The zero-order valence-corrected chi connectivity index (χ0v) is 10.9. The molecule has 0 saturated heterocycles. The van der Waals surface area contributed by atoms with Crippen molar-refractivity contribution in [2.45, 2.75) is 13.5 Å². The number of rotatable bonds is 5.